The number of amides is 1. The summed E-state index contributed by atoms with van der Waals surface area (Å²) in [6, 6.07) is 27.6. The highest BCUT2D eigenvalue weighted by atomic mass is 32.2. The third-order valence-corrected chi connectivity index (χ3v) is 10.8. The van der Waals surface area contributed by atoms with Gasteiger partial charge < -0.3 is 14.6 Å². The minimum absolute atomic E-state index is 0.0736. The van der Waals surface area contributed by atoms with Crippen LogP contribution < -0.4 is 9.84 Å². The Morgan fingerprint density at radius 1 is 1.02 bits per heavy atom. The van der Waals surface area contributed by atoms with E-state index < -0.39 is 19.4 Å². The lowest BCUT2D eigenvalue weighted by molar-refractivity contribution is -0.148. The Morgan fingerprint density at radius 2 is 1.78 bits per heavy atom. The first-order valence-electron chi connectivity index (χ1n) is 15.0. The van der Waals surface area contributed by atoms with Crippen molar-refractivity contribution in [1.29, 1.82) is 0 Å². The van der Waals surface area contributed by atoms with E-state index in [1.807, 2.05) is 72.8 Å². The summed E-state index contributed by atoms with van der Waals surface area (Å²) in [6.45, 7) is 1.70. The van der Waals surface area contributed by atoms with Crippen LogP contribution in [0, 0.1) is 5.92 Å². The zero-order valence-corrected chi connectivity index (χ0v) is 27.1. The maximum Gasteiger partial charge on any atom is 0.364 e. The van der Waals surface area contributed by atoms with Crippen LogP contribution in [0.1, 0.15) is 41.5 Å². The van der Waals surface area contributed by atoms with E-state index in [2.05, 4.69) is 10.3 Å². The molecule has 6 rings (SSSR count). The van der Waals surface area contributed by atoms with Crippen molar-refractivity contribution in [2.45, 2.75) is 35.7 Å². The van der Waals surface area contributed by atoms with Gasteiger partial charge in [-0.25, -0.2) is 0 Å². The van der Waals surface area contributed by atoms with Crippen LogP contribution in [-0.2, 0) is 14.1 Å². The molecule has 1 unspecified atom stereocenters. The van der Waals surface area contributed by atoms with Crippen molar-refractivity contribution in [2.24, 2.45) is 5.92 Å². The fourth-order valence-corrected chi connectivity index (χ4v) is 8.16. The summed E-state index contributed by atoms with van der Waals surface area (Å²) in [5, 5.41) is 8.28. The molecule has 0 saturated heterocycles. The van der Waals surface area contributed by atoms with Crippen LogP contribution in [0.5, 0.6) is 5.75 Å². The summed E-state index contributed by atoms with van der Waals surface area (Å²) in [5.41, 5.74) is 2.41. The molecule has 9 nitrogen and oxygen atoms in total. The fourth-order valence-electron chi connectivity index (χ4n) is 4.85. The van der Waals surface area contributed by atoms with Gasteiger partial charge in [0.15, 0.2) is 0 Å². The highest BCUT2D eigenvalue weighted by molar-refractivity contribution is 7.99. The van der Waals surface area contributed by atoms with Gasteiger partial charge in [0.25, 0.3) is 5.91 Å². The topological polar surface area (TPSA) is 112 Å². The molecule has 2 heterocycles. The molecule has 1 N–H and O–H groups in total. The number of esters is 1. The molecule has 1 aliphatic rings. The molecule has 46 heavy (non-hydrogen) atoms. The second-order valence-electron chi connectivity index (χ2n) is 11.0. The number of hydrogen-bond donors (Lipinski definition) is 1. The molecular weight excluding hydrogens is 619 g/mol. The molecule has 2 atom stereocenters. The second-order valence-corrected chi connectivity index (χ2v) is 14.3. The van der Waals surface area contributed by atoms with E-state index in [1.165, 1.54) is 16.2 Å². The normalized spacial score (nSPS) is 14.9. The van der Waals surface area contributed by atoms with E-state index in [-0.39, 0.29) is 18.2 Å². The Balaban J connectivity index is 1.46. The monoisotopic (exact) mass is 652 g/mol. The molecule has 0 spiro atoms. The maximum absolute atomic E-state index is 15.1. The number of ether oxygens (including phenoxy) is 1. The van der Waals surface area contributed by atoms with E-state index in [9.17, 15) is 9.59 Å². The molecule has 1 saturated carbocycles. The van der Waals surface area contributed by atoms with Gasteiger partial charge in [0.2, 0.25) is 0 Å². The lowest BCUT2D eigenvalue weighted by atomic mass is 10.2. The van der Waals surface area contributed by atoms with Crippen LogP contribution in [0.25, 0.3) is 23.1 Å². The number of carbonyl (C=O) groups is 2. The smallest absolute Gasteiger partial charge is 0.364 e. The highest BCUT2D eigenvalue weighted by Crippen LogP contribution is 2.52. The SMILES string of the molecule is CNC(=O)c1ccccc1Sc1ccc2c(/C=C/c3ccccn3)nn(P(=O)(C[C@@H](C)C(=O)OC3CC3)Oc3ccccc3)c2c1. The van der Waals surface area contributed by atoms with Crippen molar-refractivity contribution in [3.63, 3.8) is 0 Å². The number of aromatic nitrogens is 3. The summed E-state index contributed by atoms with van der Waals surface area (Å²) in [5.74, 6) is -0.913. The zero-order chi connectivity index (χ0) is 32.1. The maximum atomic E-state index is 15.1. The molecule has 2 aromatic heterocycles. The molecule has 1 fully saturated rings. The largest absolute Gasteiger partial charge is 0.462 e. The first kappa shape index (κ1) is 31.3. The molecule has 1 aliphatic carbocycles. The van der Waals surface area contributed by atoms with Gasteiger partial charge in [-0.15, -0.1) is 0 Å². The van der Waals surface area contributed by atoms with Crippen molar-refractivity contribution in [2.75, 3.05) is 13.2 Å². The summed E-state index contributed by atoms with van der Waals surface area (Å²) in [6.07, 6.45) is 6.87. The first-order chi connectivity index (χ1) is 22.3. The Hall–Kier alpha value is -4.66. The van der Waals surface area contributed by atoms with Crippen LogP contribution in [0.15, 0.2) is 107 Å². The van der Waals surface area contributed by atoms with Gasteiger partial charge in [-0.3, -0.25) is 19.1 Å². The van der Waals surface area contributed by atoms with Gasteiger partial charge in [0.1, 0.15) is 11.9 Å². The van der Waals surface area contributed by atoms with Crippen molar-refractivity contribution >= 4 is 54.2 Å². The second kappa shape index (κ2) is 13.8. The average Bonchev–Trinajstić information content (AvgIpc) is 3.82. The Bertz CT molecular complexity index is 1940. The molecule has 0 aliphatic heterocycles. The number of fused-ring (bicyclic) bond motifs is 1. The fraction of sp³-hybridized carbons (Fsp3) is 0.200. The van der Waals surface area contributed by atoms with E-state index >= 15 is 4.57 Å². The minimum atomic E-state index is -3.90. The Labute approximate surface area is 271 Å². The molecule has 3 aromatic carbocycles. The number of hydrogen-bond acceptors (Lipinski definition) is 8. The van der Waals surface area contributed by atoms with E-state index in [1.54, 1.807) is 50.5 Å². The van der Waals surface area contributed by atoms with Crippen LogP contribution in [0.2, 0.25) is 0 Å². The number of para-hydroxylation sites is 1. The molecule has 0 radical (unpaired) electrons. The number of pyridine rings is 1. The highest BCUT2D eigenvalue weighted by Gasteiger charge is 2.38. The zero-order valence-electron chi connectivity index (χ0n) is 25.4. The lowest BCUT2D eigenvalue weighted by Crippen LogP contribution is -2.22. The average molecular weight is 653 g/mol. The minimum Gasteiger partial charge on any atom is -0.462 e. The standard InChI is InChI=1S/C35H33N4O5PS/c1-24(35(41)43-26-16-17-26)23-45(42,44-27-11-4-3-5-12-27)39-32-22-28(46-33-14-7-6-13-30(33)34(40)36-2)18-19-29(32)31(38-39)20-15-25-10-8-9-21-37-25/h3-15,18-22,24,26H,16-17,23H2,1-2H3,(H,36,40)/b20-15+/t24-,45?/m1/s1. The van der Waals surface area contributed by atoms with Gasteiger partial charge in [-0.2, -0.15) is 9.55 Å². The lowest BCUT2D eigenvalue weighted by Gasteiger charge is -2.23. The van der Waals surface area contributed by atoms with Gasteiger partial charge >= 0.3 is 13.5 Å². The third kappa shape index (κ3) is 7.25. The van der Waals surface area contributed by atoms with Crippen LogP contribution in [0.4, 0.5) is 0 Å². The summed E-state index contributed by atoms with van der Waals surface area (Å²) in [4.78, 5) is 31.5. The van der Waals surface area contributed by atoms with Crippen molar-refractivity contribution < 1.29 is 23.4 Å². The van der Waals surface area contributed by atoms with E-state index in [0.717, 1.165) is 33.7 Å². The van der Waals surface area contributed by atoms with Crippen molar-refractivity contribution in [3.05, 3.63) is 114 Å². The molecule has 5 aromatic rings. The number of nitrogens with zero attached hydrogens (tertiary/aromatic N) is 3. The van der Waals surface area contributed by atoms with E-state index in [0.29, 0.717) is 22.5 Å². The Kier molecular flexibility index (Phi) is 9.38. The quantitative estimate of drug-likeness (QED) is 0.109. The van der Waals surface area contributed by atoms with Crippen molar-refractivity contribution in [1.82, 2.24) is 19.9 Å². The van der Waals surface area contributed by atoms with E-state index in [4.69, 9.17) is 14.4 Å². The molecular formula is C35H33N4O5PS. The van der Waals surface area contributed by atoms with Crippen LogP contribution in [-0.4, -0.2) is 45.7 Å². The van der Waals surface area contributed by atoms with Crippen LogP contribution >= 0.6 is 19.3 Å². The van der Waals surface area contributed by atoms with Gasteiger partial charge in [0.05, 0.1) is 34.5 Å². The van der Waals surface area contributed by atoms with Gasteiger partial charge in [0, 0.05) is 28.4 Å². The van der Waals surface area contributed by atoms with Gasteiger partial charge in [-0.1, -0.05) is 55.1 Å². The third-order valence-electron chi connectivity index (χ3n) is 7.34. The van der Waals surface area contributed by atoms with Crippen LogP contribution in [0.3, 0.4) is 0 Å². The predicted octanol–water partition coefficient (Wildman–Crippen LogP) is 7.57. The van der Waals surface area contributed by atoms with Gasteiger partial charge in [-0.05, 0) is 79.6 Å². The predicted molar refractivity (Wildman–Crippen MR) is 180 cm³/mol. The number of nitrogens with one attached hydrogen (secondary N) is 1. The first-order valence-corrected chi connectivity index (χ1v) is 17.6. The molecule has 11 heteroatoms. The number of rotatable bonds is 12. The summed E-state index contributed by atoms with van der Waals surface area (Å²) >= 11 is 1.41. The summed E-state index contributed by atoms with van der Waals surface area (Å²) in [7, 11) is -2.30. The Morgan fingerprint density at radius 3 is 2.52 bits per heavy atom. The van der Waals surface area contributed by atoms with Crippen molar-refractivity contribution in [3.8, 4) is 5.75 Å². The molecule has 0 bridgehead atoms. The number of benzene rings is 3. The molecule has 1 amide bonds. The molecule has 234 valence electrons. The summed E-state index contributed by atoms with van der Waals surface area (Å²) < 4.78 is 28.4. The number of carbonyl (C=O) groups excluding carboxylic acids is 2.